The molecule has 0 saturated carbocycles. The van der Waals surface area contributed by atoms with Crippen molar-refractivity contribution in [1.29, 1.82) is 0 Å². The molecule has 0 radical (unpaired) electrons. The maximum atomic E-state index is 3.44. The van der Waals surface area contributed by atoms with Crippen LogP contribution in [0.1, 0.15) is 37.8 Å². The van der Waals surface area contributed by atoms with Crippen molar-refractivity contribution in [1.82, 2.24) is 10.2 Å². The van der Waals surface area contributed by atoms with Crippen molar-refractivity contribution >= 4 is 22.6 Å². The molecule has 100 valence electrons. The van der Waals surface area contributed by atoms with Crippen molar-refractivity contribution in [2.75, 3.05) is 26.2 Å². The van der Waals surface area contributed by atoms with Gasteiger partial charge in [0.2, 0.25) is 0 Å². The summed E-state index contributed by atoms with van der Waals surface area (Å²) in [7, 11) is 0. The molecule has 0 unspecified atom stereocenters. The molecule has 3 heteroatoms. The van der Waals surface area contributed by atoms with Gasteiger partial charge in [0, 0.05) is 35.8 Å². The SMILES string of the molecule is CCCC[C@@H](c1ccc(I)cc1)N1CCNCC1. The molecule has 1 atom stereocenters. The fraction of sp³-hybridized carbons (Fsp3) is 0.600. The predicted molar refractivity (Wildman–Crippen MR) is 85.9 cm³/mol. The highest BCUT2D eigenvalue weighted by atomic mass is 127. The smallest absolute Gasteiger partial charge is 0.0349 e. The molecule has 1 aromatic carbocycles. The molecular weight excluding hydrogens is 335 g/mol. The van der Waals surface area contributed by atoms with Crippen LogP contribution in [0.4, 0.5) is 0 Å². The summed E-state index contributed by atoms with van der Waals surface area (Å²) in [5.74, 6) is 0. The van der Waals surface area contributed by atoms with Gasteiger partial charge in [-0.2, -0.15) is 0 Å². The summed E-state index contributed by atoms with van der Waals surface area (Å²) in [5, 5.41) is 3.44. The van der Waals surface area contributed by atoms with Gasteiger partial charge >= 0.3 is 0 Å². The van der Waals surface area contributed by atoms with Crippen LogP contribution in [0.5, 0.6) is 0 Å². The summed E-state index contributed by atoms with van der Waals surface area (Å²) in [6.45, 7) is 6.91. The van der Waals surface area contributed by atoms with E-state index in [0.717, 1.165) is 13.1 Å². The molecule has 0 aliphatic carbocycles. The fourth-order valence-corrected chi connectivity index (χ4v) is 3.00. The van der Waals surface area contributed by atoms with Gasteiger partial charge in [0.1, 0.15) is 0 Å². The number of benzene rings is 1. The molecule has 1 fully saturated rings. The Morgan fingerprint density at radius 2 is 1.89 bits per heavy atom. The van der Waals surface area contributed by atoms with Crippen molar-refractivity contribution in [3.63, 3.8) is 0 Å². The number of halogens is 1. The molecule has 1 aliphatic rings. The zero-order valence-electron chi connectivity index (χ0n) is 11.2. The van der Waals surface area contributed by atoms with Crippen LogP contribution in [0.3, 0.4) is 0 Å². The third kappa shape index (κ3) is 3.93. The van der Waals surface area contributed by atoms with E-state index in [2.05, 4.69) is 64.0 Å². The Morgan fingerprint density at radius 3 is 2.50 bits per heavy atom. The van der Waals surface area contributed by atoms with Crippen LogP contribution in [0.15, 0.2) is 24.3 Å². The largest absolute Gasteiger partial charge is 0.314 e. The number of nitrogens with one attached hydrogen (secondary N) is 1. The monoisotopic (exact) mass is 358 g/mol. The molecule has 2 nitrogen and oxygen atoms in total. The van der Waals surface area contributed by atoms with Crippen molar-refractivity contribution in [3.8, 4) is 0 Å². The number of unbranched alkanes of at least 4 members (excludes halogenated alkanes) is 1. The Morgan fingerprint density at radius 1 is 1.22 bits per heavy atom. The number of piperazine rings is 1. The Hall–Kier alpha value is -0.130. The average molecular weight is 358 g/mol. The third-order valence-electron chi connectivity index (χ3n) is 3.68. The predicted octanol–water partition coefficient (Wildman–Crippen LogP) is 3.43. The van der Waals surface area contributed by atoms with E-state index in [1.54, 1.807) is 0 Å². The summed E-state index contributed by atoms with van der Waals surface area (Å²) < 4.78 is 1.32. The van der Waals surface area contributed by atoms with Crippen molar-refractivity contribution < 1.29 is 0 Å². The molecular formula is C15H23IN2. The first-order chi connectivity index (χ1) is 8.81. The first kappa shape index (κ1) is 14.3. The van der Waals surface area contributed by atoms with E-state index < -0.39 is 0 Å². The highest BCUT2D eigenvalue weighted by Gasteiger charge is 2.21. The van der Waals surface area contributed by atoms with Crippen LogP contribution in [-0.2, 0) is 0 Å². The molecule has 1 aliphatic heterocycles. The van der Waals surface area contributed by atoms with Crippen molar-refractivity contribution in [2.45, 2.75) is 32.2 Å². The van der Waals surface area contributed by atoms with E-state index in [9.17, 15) is 0 Å². The first-order valence-corrected chi connectivity index (χ1v) is 8.09. The van der Waals surface area contributed by atoms with Gasteiger partial charge in [-0.3, -0.25) is 4.90 Å². The summed E-state index contributed by atoms with van der Waals surface area (Å²) >= 11 is 2.38. The molecule has 2 rings (SSSR count). The van der Waals surface area contributed by atoms with Gasteiger partial charge in [0.05, 0.1) is 0 Å². The Kier molecular flexibility index (Phi) is 5.92. The van der Waals surface area contributed by atoms with E-state index in [1.807, 2.05) is 0 Å². The molecule has 0 aromatic heterocycles. The maximum Gasteiger partial charge on any atom is 0.0349 e. The lowest BCUT2D eigenvalue weighted by atomic mass is 9.99. The minimum absolute atomic E-state index is 0.615. The lowest BCUT2D eigenvalue weighted by Gasteiger charge is -2.35. The second kappa shape index (κ2) is 7.46. The maximum absolute atomic E-state index is 3.44. The summed E-state index contributed by atoms with van der Waals surface area (Å²) in [6.07, 6.45) is 3.89. The van der Waals surface area contributed by atoms with Gasteiger partial charge in [-0.15, -0.1) is 0 Å². The van der Waals surface area contributed by atoms with E-state index in [4.69, 9.17) is 0 Å². The van der Waals surface area contributed by atoms with Gasteiger partial charge in [-0.05, 0) is 46.7 Å². The Bertz CT molecular complexity index is 344. The van der Waals surface area contributed by atoms with Crippen molar-refractivity contribution in [2.24, 2.45) is 0 Å². The molecule has 0 bridgehead atoms. The van der Waals surface area contributed by atoms with E-state index in [0.29, 0.717) is 6.04 Å². The third-order valence-corrected chi connectivity index (χ3v) is 4.40. The van der Waals surface area contributed by atoms with Gasteiger partial charge in [-0.25, -0.2) is 0 Å². The van der Waals surface area contributed by atoms with Gasteiger partial charge in [-0.1, -0.05) is 31.9 Å². The summed E-state index contributed by atoms with van der Waals surface area (Å²) in [4.78, 5) is 2.65. The van der Waals surface area contributed by atoms with Crippen LogP contribution in [0.25, 0.3) is 0 Å². The highest BCUT2D eigenvalue weighted by molar-refractivity contribution is 14.1. The van der Waals surface area contributed by atoms with Crippen LogP contribution in [0.2, 0.25) is 0 Å². The Balaban J connectivity index is 2.10. The molecule has 1 saturated heterocycles. The first-order valence-electron chi connectivity index (χ1n) is 7.01. The molecule has 1 heterocycles. The van der Waals surface area contributed by atoms with Crippen molar-refractivity contribution in [3.05, 3.63) is 33.4 Å². The van der Waals surface area contributed by atoms with Gasteiger partial charge in [0.25, 0.3) is 0 Å². The number of nitrogens with zero attached hydrogens (tertiary/aromatic N) is 1. The van der Waals surface area contributed by atoms with Gasteiger partial charge < -0.3 is 5.32 Å². The molecule has 1 aromatic rings. The zero-order chi connectivity index (χ0) is 12.8. The normalized spacial score (nSPS) is 18.8. The zero-order valence-corrected chi connectivity index (χ0v) is 13.3. The van der Waals surface area contributed by atoms with Crippen LogP contribution >= 0.6 is 22.6 Å². The second-order valence-corrected chi connectivity index (χ2v) is 6.24. The Labute approximate surface area is 124 Å². The lowest BCUT2D eigenvalue weighted by molar-refractivity contribution is 0.163. The number of hydrogen-bond donors (Lipinski definition) is 1. The fourth-order valence-electron chi connectivity index (χ4n) is 2.64. The highest BCUT2D eigenvalue weighted by Crippen LogP contribution is 2.27. The minimum Gasteiger partial charge on any atom is -0.314 e. The minimum atomic E-state index is 0.615. The quantitative estimate of drug-likeness (QED) is 0.812. The number of rotatable bonds is 5. The van der Waals surface area contributed by atoms with E-state index >= 15 is 0 Å². The lowest BCUT2D eigenvalue weighted by Crippen LogP contribution is -2.45. The standard InChI is InChI=1S/C15H23IN2/c1-2-3-4-15(18-11-9-17-10-12-18)13-5-7-14(16)8-6-13/h5-8,15,17H,2-4,9-12H2,1H3/t15-/m0/s1. The molecule has 0 spiro atoms. The average Bonchev–Trinajstić information content (AvgIpc) is 2.42. The summed E-state index contributed by atoms with van der Waals surface area (Å²) in [5.41, 5.74) is 1.49. The number of hydrogen-bond acceptors (Lipinski definition) is 2. The van der Waals surface area contributed by atoms with Gasteiger partial charge in [0.15, 0.2) is 0 Å². The molecule has 0 amide bonds. The van der Waals surface area contributed by atoms with E-state index in [1.165, 1.54) is 41.5 Å². The summed E-state index contributed by atoms with van der Waals surface area (Å²) in [6, 6.07) is 9.70. The van der Waals surface area contributed by atoms with Crippen LogP contribution < -0.4 is 5.32 Å². The second-order valence-electron chi connectivity index (χ2n) is 5.00. The molecule has 1 N–H and O–H groups in total. The van der Waals surface area contributed by atoms with Crippen LogP contribution in [0, 0.1) is 3.57 Å². The topological polar surface area (TPSA) is 15.3 Å². The van der Waals surface area contributed by atoms with Crippen LogP contribution in [-0.4, -0.2) is 31.1 Å². The van der Waals surface area contributed by atoms with E-state index in [-0.39, 0.29) is 0 Å². The molecule has 18 heavy (non-hydrogen) atoms.